The van der Waals surface area contributed by atoms with Crippen molar-refractivity contribution in [3.05, 3.63) is 60.4 Å². The quantitative estimate of drug-likeness (QED) is 0.748. The van der Waals surface area contributed by atoms with E-state index in [9.17, 15) is 4.79 Å². The average molecular weight is 387 g/mol. The SMILES string of the molecule is O=C(c1cc(-c2cccnc2)nc2ccccc12)N1CCC(N2CCNCC2)C1. The van der Waals surface area contributed by atoms with Gasteiger partial charge in [0.05, 0.1) is 16.8 Å². The van der Waals surface area contributed by atoms with E-state index < -0.39 is 0 Å². The number of pyridine rings is 2. The van der Waals surface area contributed by atoms with Gasteiger partial charge >= 0.3 is 0 Å². The number of nitrogens with one attached hydrogen (secondary N) is 1. The molecule has 0 saturated carbocycles. The lowest BCUT2D eigenvalue weighted by Crippen LogP contribution is -2.49. The maximum Gasteiger partial charge on any atom is 0.254 e. The molecule has 2 fully saturated rings. The summed E-state index contributed by atoms with van der Waals surface area (Å²) in [5.41, 5.74) is 3.29. The highest BCUT2D eigenvalue weighted by molar-refractivity contribution is 6.07. The fourth-order valence-corrected chi connectivity index (χ4v) is 4.46. The molecule has 1 unspecified atom stereocenters. The summed E-state index contributed by atoms with van der Waals surface area (Å²) in [4.78, 5) is 27.0. The van der Waals surface area contributed by atoms with Crippen LogP contribution >= 0.6 is 0 Å². The first-order valence-corrected chi connectivity index (χ1v) is 10.3. The topological polar surface area (TPSA) is 61.4 Å². The number of piperazine rings is 1. The van der Waals surface area contributed by atoms with Crippen molar-refractivity contribution in [2.45, 2.75) is 12.5 Å². The first-order chi connectivity index (χ1) is 14.3. The summed E-state index contributed by atoms with van der Waals surface area (Å²) in [5, 5.41) is 4.32. The predicted octanol–water partition coefficient (Wildman–Crippen LogP) is 2.42. The Morgan fingerprint density at radius 2 is 1.93 bits per heavy atom. The summed E-state index contributed by atoms with van der Waals surface area (Å²) in [7, 11) is 0. The van der Waals surface area contributed by atoms with Crippen LogP contribution in [0.5, 0.6) is 0 Å². The summed E-state index contributed by atoms with van der Waals surface area (Å²) in [5.74, 6) is 0.103. The second-order valence-electron chi connectivity index (χ2n) is 7.79. The van der Waals surface area contributed by atoms with Gasteiger partial charge in [0.25, 0.3) is 5.91 Å². The molecule has 1 aromatic carbocycles. The second kappa shape index (κ2) is 7.89. The lowest BCUT2D eigenvalue weighted by atomic mass is 10.0. The fraction of sp³-hybridized carbons (Fsp3) is 0.348. The molecule has 6 nitrogen and oxygen atoms in total. The summed E-state index contributed by atoms with van der Waals surface area (Å²) in [6, 6.07) is 14.2. The van der Waals surface area contributed by atoms with Crippen LogP contribution in [0.15, 0.2) is 54.9 Å². The van der Waals surface area contributed by atoms with Gasteiger partial charge in [-0.05, 0) is 30.7 Å². The fourth-order valence-electron chi connectivity index (χ4n) is 4.46. The zero-order valence-corrected chi connectivity index (χ0v) is 16.4. The Kier molecular flexibility index (Phi) is 4.96. The van der Waals surface area contributed by atoms with Crippen molar-refractivity contribution < 1.29 is 4.79 Å². The molecule has 148 valence electrons. The third kappa shape index (κ3) is 3.61. The van der Waals surface area contributed by atoms with Gasteiger partial charge in [-0.1, -0.05) is 18.2 Å². The molecule has 1 amide bonds. The lowest BCUT2D eigenvalue weighted by molar-refractivity contribution is 0.0775. The largest absolute Gasteiger partial charge is 0.337 e. The van der Waals surface area contributed by atoms with Gasteiger partial charge in [0.1, 0.15) is 0 Å². The minimum absolute atomic E-state index is 0.103. The molecule has 2 aromatic heterocycles. The monoisotopic (exact) mass is 387 g/mol. The molecular weight excluding hydrogens is 362 g/mol. The van der Waals surface area contributed by atoms with Crippen molar-refractivity contribution in [3.8, 4) is 11.3 Å². The number of benzene rings is 1. The van der Waals surface area contributed by atoms with E-state index >= 15 is 0 Å². The average Bonchev–Trinajstić information content (AvgIpc) is 3.29. The van der Waals surface area contributed by atoms with E-state index in [4.69, 9.17) is 4.98 Å². The maximum absolute atomic E-state index is 13.5. The van der Waals surface area contributed by atoms with E-state index in [0.29, 0.717) is 6.04 Å². The predicted molar refractivity (Wildman–Crippen MR) is 114 cm³/mol. The standard InChI is InChI=1S/C23H25N5O/c29-23(28-11-7-18(16-28)27-12-9-24-10-13-27)20-14-22(17-4-3-8-25-15-17)26-21-6-2-1-5-19(20)21/h1-6,8,14-15,18,24H,7,9-13,16H2. The van der Waals surface area contributed by atoms with E-state index in [1.165, 1.54) is 0 Å². The Morgan fingerprint density at radius 1 is 1.07 bits per heavy atom. The molecule has 2 aliphatic heterocycles. The first kappa shape index (κ1) is 18.2. The molecule has 29 heavy (non-hydrogen) atoms. The number of nitrogens with zero attached hydrogens (tertiary/aromatic N) is 4. The molecule has 1 atom stereocenters. The normalized spacial score (nSPS) is 20.3. The van der Waals surface area contributed by atoms with Crippen LogP contribution in [0.3, 0.4) is 0 Å². The minimum Gasteiger partial charge on any atom is -0.337 e. The molecule has 1 N–H and O–H groups in total. The van der Waals surface area contributed by atoms with Crippen LogP contribution in [-0.4, -0.2) is 71.0 Å². The number of rotatable bonds is 3. The molecule has 6 heteroatoms. The van der Waals surface area contributed by atoms with Gasteiger partial charge in [-0.3, -0.25) is 14.7 Å². The van der Waals surface area contributed by atoms with Crippen LogP contribution in [0.1, 0.15) is 16.8 Å². The van der Waals surface area contributed by atoms with Gasteiger partial charge in [-0.2, -0.15) is 0 Å². The van der Waals surface area contributed by atoms with Crippen molar-refractivity contribution in [1.29, 1.82) is 0 Å². The van der Waals surface area contributed by atoms with Crippen LogP contribution < -0.4 is 5.32 Å². The molecule has 2 aliphatic rings. The van der Waals surface area contributed by atoms with Crippen molar-refractivity contribution in [3.63, 3.8) is 0 Å². The van der Waals surface area contributed by atoms with Gasteiger partial charge in [-0.25, -0.2) is 4.98 Å². The third-order valence-corrected chi connectivity index (χ3v) is 6.02. The highest BCUT2D eigenvalue weighted by Gasteiger charge is 2.32. The van der Waals surface area contributed by atoms with Crippen LogP contribution in [-0.2, 0) is 0 Å². The molecule has 3 aromatic rings. The smallest absolute Gasteiger partial charge is 0.254 e. The van der Waals surface area contributed by atoms with Crippen LogP contribution in [0.4, 0.5) is 0 Å². The summed E-state index contributed by atoms with van der Waals surface area (Å²) >= 11 is 0. The maximum atomic E-state index is 13.5. The molecule has 0 radical (unpaired) electrons. The second-order valence-corrected chi connectivity index (χ2v) is 7.79. The molecule has 0 aliphatic carbocycles. The van der Waals surface area contributed by atoms with E-state index in [0.717, 1.165) is 73.4 Å². The summed E-state index contributed by atoms with van der Waals surface area (Å²) < 4.78 is 0. The zero-order valence-electron chi connectivity index (χ0n) is 16.4. The number of likely N-dealkylation sites (tertiary alicyclic amines) is 1. The Hall–Kier alpha value is -2.83. The number of hydrogen-bond donors (Lipinski definition) is 1. The Labute approximate surface area is 170 Å². The first-order valence-electron chi connectivity index (χ1n) is 10.3. The van der Waals surface area contributed by atoms with E-state index in [2.05, 4.69) is 15.2 Å². The van der Waals surface area contributed by atoms with Crippen molar-refractivity contribution >= 4 is 16.8 Å². The third-order valence-electron chi connectivity index (χ3n) is 6.02. The van der Waals surface area contributed by atoms with Crippen LogP contribution in [0, 0.1) is 0 Å². The number of para-hydroxylation sites is 1. The molecule has 2 saturated heterocycles. The number of carbonyl (C=O) groups excluding carboxylic acids is 1. The Balaban J connectivity index is 1.47. The molecule has 0 bridgehead atoms. The minimum atomic E-state index is 0.103. The summed E-state index contributed by atoms with van der Waals surface area (Å²) in [6.45, 7) is 5.82. The number of hydrogen-bond acceptors (Lipinski definition) is 5. The Morgan fingerprint density at radius 3 is 2.76 bits per heavy atom. The van der Waals surface area contributed by atoms with Gasteiger partial charge in [0.2, 0.25) is 0 Å². The van der Waals surface area contributed by atoms with Crippen molar-refractivity contribution in [2.24, 2.45) is 0 Å². The van der Waals surface area contributed by atoms with Gasteiger partial charge in [-0.15, -0.1) is 0 Å². The highest BCUT2D eigenvalue weighted by Crippen LogP contribution is 2.27. The number of amides is 1. The molecular formula is C23H25N5O. The highest BCUT2D eigenvalue weighted by atomic mass is 16.2. The van der Waals surface area contributed by atoms with Crippen molar-refractivity contribution in [2.75, 3.05) is 39.3 Å². The molecule has 0 spiro atoms. The molecule has 5 rings (SSSR count). The van der Waals surface area contributed by atoms with E-state index in [-0.39, 0.29) is 5.91 Å². The van der Waals surface area contributed by atoms with Gasteiger partial charge < -0.3 is 10.2 Å². The van der Waals surface area contributed by atoms with Crippen LogP contribution in [0.25, 0.3) is 22.2 Å². The zero-order chi connectivity index (χ0) is 19.6. The summed E-state index contributed by atoms with van der Waals surface area (Å²) in [6.07, 6.45) is 4.59. The van der Waals surface area contributed by atoms with Gasteiger partial charge in [0.15, 0.2) is 0 Å². The number of aromatic nitrogens is 2. The lowest BCUT2D eigenvalue weighted by Gasteiger charge is -2.32. The number of carbonyl (C=O) groups is 1. The van der Waals surface area contributed by atoms with Crippen LogP contribution in [0.2, 0.25) is 0 Å². The molecule has 4 heterocycles. The van der Waals surface area contributed by atoms with Gasteiger partial charge in [0, 0.05) is 68.7 Å². The van der Waals surface area contributed by atoms with E-state index in [1.54, 1.807) is 12.4 Å². The van der Waals surface area contributed by atoms with E-state index in [1.807, 2.05) is 47.4 Å². The number of fused-ring (bicyclic) bond motifs is 1. The Bertz CT molecular complexity index is 1020. The van der Waals surface area contributed by atoms with Crippen molar-refractivity contribution in [1.82, 2.24) is 25.1 Å².